The first kappa shape index (κ1) is 11.3. The second kappa shape index (κ2) is 4.36. The van der Waals surface area contributed by atoms with Crippen molar-refractivity contribution in [1.82, 2.24) is 4.90 Å². The summed E-state index contributed by atoms with van der Waals surface area (Å²) in [5.74, 6) is 0.0498. The predicted molar refractivity (Wildman–Crippen MR) is 57.5 cm³/mol. The molecule has 2 amide bonds. The second-order valence-corrected chi connectivity index (χ2v) is 4.83. The monoisotopic (exact) mass is 223 g/mol. The molecule has 4 nitrogen and oxygen atoms in total. The third-order valence-electron chi connectivity index (χ3n) is 3.60. The number of likely N-dealkylation sites (tertiary alicyclic amines) is 1. The SMILES string of the molecule is CC1CC(=O)N(CCC2CCCC2=O)C1=O. The van der Waals surface area contributed by atoms with Gasteiger partial charge in [-0.3, -0.25) is 19.3 Å². The third-order valence-corrected chi connectivity index (χ3v) is 3.60. The molecule has 4 heteroatoms. The van der Waals surface area contributed by atoms with Gasteiger partial charge in [0.15, 0.2) is 0 Å². The lowest BCUT2D eigenvalue weighted by Gasteiger charge is -2.16. The molecule has 2 aliphatic rings. The molecule has 1 aliphatic heterocycles. The van der Waals surface area contributed by atoms with Crippen LogP contribution in [0.1, 0.15) is 39.0 Å². The molecule has 88 valence electrons. The molecule has 2 unspecified atom stereocenters. The summed E-state index contributed by atoms with van der Waals surface area (Å²) in [4.78, 5) is 35.9. The summed E-state index contributed by atoms with van der Waals surface area (Å²) in [6.45, 7) is 2.21. The van der Waals surface area contributed by atoms with Gasteiger partial charge in [-0.1, -0.05) is 6.92 Å². The highest BCUT2D eigenvalue weighted by Crippen LogP contribution is 2.26. The smallest absolute Gasteiger partial charge is 0.232 e. The molecule has 0 bridgehead atoms. The summed E-state index contributed by atoms with van der Waals surface area (Å²) in [6.07, 6.45) is 3.54. The van der Waals surface area contributed by atoms with Gasteiger partial charge in [-0.15, -0.1) is 0 Å². The number of nitrogens with zero attached hydrogens (tertiary/aromatic N) is 1. The van der Waals surface area contributed by atoms with E-state index in [-0.39, 0.29) is 23.7 Å². The van der Waals surface area contributed by atoms with Crippen molar-refractivity contribution >= 4 is 17.6 Å². The second-order valence-electron chi connectivity index (χ2n) is 4.83. The molecule has 1 saturated heterocycles. The standard InChI is InChI=1S/C12H17NO3/c1-8-7-11(15)13(12(8)16)6-5-9-3-2-4-10(9)14/h8-9H,2-7H2,1H3. The van der Waals surface area contributed by atoms with Crippen LogP contribution in [0.25, 0.3) is 0 Å². The number of hydrogen-bond donors (Lipinski definition) is 0. The lowest BCUT2D eigenvalue weighted by atomic mass is 10.0. The van der Waals surface area contributed by atoms with Crippen molar-refractivity contribution in [1.29, 1.82) is 0 Å². The Morgan fingerprint density at radius 3 is 2.56 bits per heavy atom. The summed E-state index contributed by atoms with van der Waals surface area (Å²) < 4.78 is 0. The van der Waals surface area contributed by atoms with Gasteiger partial charge in [0.2, 0.25) is 11.8 Å². The summed E-state index contributed by atoms with van der Waals surface area (Å²) in [5, 5.41) is 0. The fourth-order valence-electron chi connectivity index (χ4n) is 2.56. The van der Waals surface area contributed by atoms with E-state index in [1.807, 2.05) is 0 Å². The molecule has 16 heavy (non-hydrogen) atoms. The van der Waals surface area contributed by atoms with Gasteiger partial charge in [0.05, 0.1) is 0 Å². The van der Waals surface area contributed by atoms with Crippen LogP contribution in [0.2, 0.25) is 0 Å². The minimum Gasteiger partial charge on any atom is -0.299 e. The number of hydrogen-bond acceptors (Lipinski definition) is 3. The van der Waals surface area contributed by atoms with Gasteiger partial charge in [-0.2, -0.15) is 0 Å². The summed E-state index contributed by atoms with van der Waals surface area (Å²) in [7, 11) is 0. The van der Waals surface area contributed by atoms with Gasteiger partial charge in [-0.25, -0.2) is 0 Å². The van der Waals surface area contributed by atoms with Gasteiger partial charge in [0.1, 0.15) is 5.78 Å². The molecule has 1 saturated carbocycles. The fourth-order valence-corrected chi connectivity index (χ4v) is 2.56. The fraction of sp³-hybridized carbons (Fsp3) is 0.750. The first-order valence-electron chi connectivity index (χ1n) is 5.96. The lowest BCUT2D eigenvalue weighted by Crippen LogP contribution is -2.32. The van der Waals surface area contributed by atoms with Crippen LogP contribution < -0.4 is 0 Å². The molecule has 0 aromatic heterocycles. The van der Waals surface area contributed by atoms with E-state index in [4.69, 9.17) is 0 Å². The van der Waals surface area contributed by atoms with E-state index in [2.05, 4.69) is 0 Å². The molecule has 1 heterocycles. The molecule has 0 aromatic carbocycles. The minimum absolute atomic E-state index is 0.0737. The molecule has 0 N–H and O–H groups in total. The van der Waals surface area contributed by atoms with E-state index >= 15 is 0 Å². The Labute approximate surface area is 95.0 Å². The van der Waals surface area contributed by atoms with Crippen LogP contribution in [0.15, 0.2) is 0 Å². The van der Waals surface area contributed by atoms with Crippen LogP contribution >= 0.6 is 0 Å². The number of imide groups is 1. The van der Waals surface area contributed by atoms with Crippen LogP contribution in [0.5, 0.6) is 0 Å². The molecule has 0 spiro atoms. The Bertz CT molecular complexity index is 337. The average molecular weight is 223 g/mol. The quantitative estimate of drug-likeness (QED) is 0.674. The molecular formula is C12H17NO3. The minimum atomic E-state index is -0.174. The van der Waals surface area contributed by atoms with Crippen molar-refractivity contribution in [2.75, 3.05) is 6.54 Å². The van der Waals surface area contributed by atoms with Crippen LogP contribution in [0.4, 0.5) is 0 Å². The maximum Gasteiger partial charge on any atom is 0.232 e. The Kier molecular flexibility index (Phi) is 3.08. The number of rotatable bonds is 3. The normalized spacial score (nSPS) is 30.6. The van der Waals surface area contributed by atoms with Crippen LogP contribution in [0.3, 0.4) is 0 Å². The molecule has 0 aromatic rings. The number of carbonyl (C=O) groups is 3. The van der Waals surface area contributed by atoms with E-state index in [0.29, 0.717) is 31.6 Å². The van der Waals surface area contributed by atoms with Crippen molar-refractivity contribution in [3.63, 3.8) is 0 Å². The van der Waals surface area contributed by atoms with Crippen molar-refractivity contribution in [3.05, 3.63) is 0 Å². The summed E-state index contributed by atoms with van der Waals surface area (Å²) >= 11 is 0. The Morgan fingerprint density at radius 1 is 1.31 bits per heavy atom. The van der Waals surface area contributed by atoms with Gasteiger partial charge in [-0.05, 0) is 19.3 Å². The molecule has 0 radical (unpaired) electrons. The first-order valence-corrected chi connectivity index (χ1v) is 5.96. The summed E-state index contributed by atoms with van der Waals surface area (Å²) in [6, 6.07) is 0. The van der Waals surface area contributed by atoms with Gasteiger partial charge in [0.25, 0.3) is 0 Å². The Morgan fingerprint density at radius 2 is 2.06 bits per heavy atom. The summed E-state index contributed by atoms with van der Waals surface area (Å²) in [5.41, 5.74) is 0. The van der Waals surface area contributed by atoms with E-state index < -0.39 is 0 Å². The van der Waals surface area contributed by atoms with Crippen molar-refractivity contribution in [2.45, 2.75) is 39.0 Å². The average Bonchev–Trinajstić information content (AvgIpc) is 2.72. The highest BCUT2D eigenvalue weighted by atomic mass is 16.2. The Hall–Kier alpha value is -1.19. The van der Waals surface area contributed by atoms with Crippen molar-refractivity contribution in [2.24, 2.45) is 11.8 Å². The molecular weight excluding hydrogens is 206 g/mol. The highest BCUT2D eigenvalue weighted by Gasteiger charge is 2.36. The number of carbonyl (C=O) groups excluding carboxylic acids is 3. The Balaban J connectivity index is 1.88. The highest BCUT2D eigenvalue weighted by molar-refractivity contribution is 6.03. The largest absolute Gasteiger partial charge is 0.299 e. The van der Waals surface area contributed by atoms with Crippen molar-refractivity contribution < 1.29 is 14.4 Å². The third kappa shape index (κ3) is 2.01. The van der Waals surface area contributed by atoms with Gasteiger partial charge >= 0.3 is 0 Å². The number of ketones is 1. The van der Waals surface area contributed by atoms with Crippen molar-refractivity contribution in [3.8, 4) is 0 Å². The van der Waals surface area contributed by atoms with Gasteiger partial charge < -0.3 is 0 Å². The zero-order valence-corrected chi connectivity index (χ0v) is 9.57. The zero-order valence-electron chi connectivity index (χ0n) is 9.57. The van der Waals surface area contributed by atoms with Crippen LogP contribution in [-0.2, 0) is 14.4 Å². The maximum atomic E-state index is 11.6. The predicted octanol–water partition coefficient (Wildman–Crippen LogP) is 1.14. The molecule has 1 aliphatic carbocycles. The number of Topliss-reactive ketones (excluding diaryl/α,β-unsaturated/α-hetero) is 1. The molecule has 2 atom stereocenters. The van der Waals surface area contributed by atoms with Gasteiger partial charge in [0, 0.05) is 31.2 Å². The maximum absolute atomic E-state index is 11.6. The van der Waals surface area contributed by atoms with E-state index in [9.17, 15) is 14.4 Å². The zero-order chi connectivity index (χ0) is 11.7. The first-order chi connectivity index (χ1) is 7.59. The van der Waals surface area contributed by atoms with Crippen LogP contribution in [0, 0.1) is 11.8 Å². The van der Waals surface area contributed by atoms with E-state index in [1.54, 1.807) is 6.92 Å². The topological polar surface area (TPSA) is 54.5 Å². The lowest BCUT2D eigenvalue weighted by molar-refractivity contribution is -0.139. The van der Waals surface area contributed by atoms with Crippen LogP contribution in [-0.4, -0.2) is 29.0 Å². The van der Waals surface area contributed by atoms with E-state index in [1.165, 1.54) is 4.90 Å². The molecule has 2 fully saturated rings. The molecule has 2 rings (SSSR count). The van der Waals surface area contributed by atoms with E-state index in [0.717, 1.165) is 12.8 Å². The number of amides is 2.